The molecule has 1 aromatic heterocycles. The third kappa shape index (κ3) is 1.98. The molecule has 1 fully saturated rings. The molecule has 3 N–H and O–H groups in total. The number of amides is 1. The number of rotatable bonds is 3. The summed E-state index contributed by atoms with van der Waals surface area (Å²) in [7, 11) is 0. The highest BCUT2D eigenvalue weighted by molar-refractivity contribution is 5.96. The molecule has 1 aliphatic carbocycles. The van der Waals surface area contributed by atoms with E-state index in [1.54, 1.807) is 6.92 Å². The molecule has 0 aromatic carbocycles. The molecule has 86 valence electrons. The third-order valence-corrected chi connectivity index (χ3v) is 2.66. The van der Waals surface area contributed by atoms with Gasteiger partial charge < -0.3 is 11.1 Å². The lowest BCUT2D eigenvalue weighted by Gasteiger charge is -2.10. The zero-order valence-corrected chi connectivity index (χ0v) is 9.58. The second kappa shape index (κ2) is 4.08. The molecule has 16 heavy (non-hydrogen) atoms. The normalized spacial score (nSPS) is 14.9. The van der Waals surface area contributed by atoms with Crippen LogP contribution in [0.15, 0.2) is 0 Å². The Balaban J connectivity index is 2.44. The van der Waals surface area contributed by atoms with Crippen molar-refractivity contribution in [2.45, 2.75) is 32.6 Å². The Morgan fingerprint density at radius 3 is 2.75 bits per heavy atom. The fourth-order valence-corrected chi connectivity index (χ4v) is 1.80. The second-order valence-electron chi connectivity index (χ2n) is 4.06. The predicted octanol–water partition coefficient (Wildman–Crippen LogP) is 0.994. The molecule has 5 nitrogen and oxygen atoms in total. The monoisotopic (exact) mass is 220 g/mol. The van der Waals surface area contributed by atoms with Gasteiger partial charge in [0.1, 0.15) is 0 Å². The number of nitrogens with two attached hydrogens (primary N) is 1. The zero-order valence-electron chi connectivity index (χ0n) is 9.58. The van der Waals surface area contributed by atoms with Crippen LogP contribution in [0.2, 0.25) is 0 Å². The molecule has 5 heteroatoms. The minimum absolute atomic E-state index is 0.0955. The number of nitrogens with one attached hydrogen (secondary N) is 1. The number of nitrogens with zero attached hydrogens (tertiary/aromatic N) is 2. The van der Waals surface area contributed by atoms with Crippen LogP contribution in [0, 0.1) is 6.92 Å². The van der Waals surface area contributed by atoms with E-state index >= 15 is 0 Å². The Bertz CT molecular complexity index is 426. The number of aromatic nitrogens is 2. The maximum atomic E-state index is 11.9. The molecule has 0 bridgehead atoms. The van der Waals surface area contributed by atoms with Crippen molar-refractivity contribution >= 4 is 11.9 Å². The van der Waals surface area contributed by atoms with Crippen LogP contribution >= 0.6 is 0 Å². The van der Waals surface area contributed by atoms with Crippen molar-refractivity contribution in [2.24, 2.45) is 0 Å². The summed E-state index contributed by atoms with van der Waals surface area (Å²) in [4.78, 5) is 20.2. The Morgan fingerprint density at radius 2 is 2.19 bits per heavy atom. The first kappa shape index (κ1) is 10.9. The average Bonchev–Trinajstić information content (AvgIpc) is 2.99. The molecule has 1 amide bonds. The Hall–Kier alpha value is -1.65. The molecule has 2 rings (SSSR count). The summed E-state index contributed by atoms with van der Waals surface area (Å²) in [6, 6.07) is 0. The van der Waals surface area contributed by atoms with E-state index in [-0.39, 0.29) is 11.9 Å². The molecule has 0 radical (unpaired) electrons. The first-order valence-corrected chi connectivity index (χ1v) is 5.55. The topological polar surface area (TPSA) is 80.9 Å². The van der Waals surface area contributed by atoms with Crippen molar-refractivity contribution in [3.05, 3.63) is 17.0 Å². The van der Waals surface area contributed by atoms with E-state index < -0.39 is 0 Å². The molecule has 1 saturated carbocycles. The number of aryl methyl sites for hydroxylation is 1. The quantitative estimate of drug-likeness (QED) is 0.796. The van der Waals surface area contributed by atoms with Gasteiger partial charge in [-0.15, -0.1) is 0 Å². The van der Waals surface area contributed by atoms with Gasteiger partial charge >= 0.3 is 0 Å². The maximum absolute atomic E-state index is 11.9. The zero-order chi connectivity index (χ0) is 11.7. The maximum Gasteiger partial charge on any atom is 0.254 e. The summed E-state index contributed by atoms with van der Waals surface area (Å²) in [5.74, 6) is 0.552. The van der Waals surface area contributed by atoms with Gasteiger partial charge in [0.15, 0.2) is 0 Å². The number of anilines is 1. The fourth-order valence-electron chi connectivity index (χ4n) is 1.80. The van der Waals surface area contributed by atoms with Gasteiger partial charge in [-0.1, -0.05) is 0 Å². The molecule has 0 unspecified atom stereocenters. The highest BCUT2D eigenvalue weighted by Crippen LogP contribution is 2.41. The van der Waals surface area contributed by atoms with E-state index in [4.69, 9.17) is 5.73 Å². The summed E-state index contributed by atoms with van der Waals surface area (Å²) >= 11 is 0. The van der Waals surface area contributed by atoms with Crippen LogP contribution in [0.25, 0.3) is 0 Å². The molecule has 0 spiro atoms. The molecule has 1 aliphatic rings. The van der Waals surface area contributed by atoms with E-state index in [1.807, 2.05) is 6.92 Å². The Labute approximate surface area is 94.5 Å². The minimum Gasteiger partial charge on any atom is -0.368 e. The molecular weight excluding hydrogens is 204 g/mol. The van der Waals surface area contributed by atoms with Crippen LogP contribution in [0.3, 0.4) is 0 Å². The summed E-state index contributed by atoms with van der Waals surface area (Å²) in [6.07, 6.45) is 2.17. The van der Waals surface area contributed by atoms with Gasteiger partial charge in [-0.2, -0.15) is 0 Å². The highest BCUT2D eigenvalue weighted by Gasteiger charge is 2.31. The van der Waals surface area contributed by atoms with Gasteiger partial charge in [0, 0.05) is 12.5 Å². The second-order valence-corrected chi connectivity index (χ2v) is 4.06. The number of carbonyl (C=O) groups is 1. The summed E-state index contributed by atoms with van der Waals surface area (Å²) in [5, 5.41) is 2.79. The fraction of sp³-hybridized carbons (Fsp3) is 0.545. The van der Waals surface area contributed by atoms with E-state index in [9.17, 15) is 4.79 Å². The van der Waals surface area contributed by atoms with E-state index in [2.05, 4.69) is 15.3 Å². The van der Waals surface area contributed by atoms with Crippen LogP contribution < -0.4 is 11.1 Å². The number of carbonyl (C=O) groups excluding carboxylic acids is 1. The first-order chi connectivity index (χ1) is 7.63. The van der Waals surface area contributed by atoms with Crippen LogP contribution in [-0.2, 0) is 0 Å². The smallest absolute Gasteiger partial charge is 0.254 e. The number of hydrogen-bond donors (Lipinski definition) is 2. The van der Waals surface area contributed by atoms with Crippen molar-refractivity contribution in [2.75, 3.05) is 12.3 Å². The van der Waals surface area contributed by atoms with Gasteiger partial charge in [-0.05, 0) is 26.7 Å². The standard InChI is InChI=1S/C11H16N4O/c1-3-13-10(16)8-6(2)14-11(12)15-9(8)7-4-5-7/h7H,3-5H2,1-2H3,(H,13,16)(H2,12,14,15). The van der Waals surface area contributed by atoms with E-state index in [0.717, 1.165) is 18.5 Å². The molecule has 1 heterocycles. The highest BCUT2D eigenvalue weighted by atomic mass is 16.1. The van der Waals surface area contributed by atoms with Gasteiger partial charge in [-0.25, -0.2) is 9.97 Å². The van der Waals surface area contributed by atoms with Gasteiger partial charge in [0.05, 0.1) is 17.0 Å². The Morgan fingerprint density at radius 1 is 1.50 bits per heavy atom. The van der Waals surface area contributed by atoms with Gasteiger partial charge in [0.25, 0.3) is 5.91 Å². The summed E-state index contributed by atoms with van der Waals surface area (Å²) in [5.41, 5.74) is 7.71. The van der Waals surface area contributed by atoms with Crippen LogP contribution in [-0.4, -0.2) is 22.4 Å². The first-order valence-electron chi connectivity index (χ1n) is 5.55. The average molecular weight is 220 g/mol. The molecule has 0 atom stereocenters. The minimum atomic E-state index is -0.0955. The third-order valence-electron chi connectivity index (χ3n) is 2.66. The largest absolute Gasteiger partial charge is 0.368 e. The summed E-state index contributed by atoms with van der Waals surface area (Å²) in [6.45, 7) is 4.30. The molecule has 0 saturated heterocycles. The molecular formula is C11H16N4O. The van der Waals surface area contributed by atoms with Gasteiger partial charge in [-0.3, -0.25) is 4.79 Å². The lowest BCUT2D eigenvalue weighted by molar-refractivity contribution is 0.0953. The van der Waals surface area contributed by atoms with Crippen LogP contribution in [0.5, 0.6) is 0 Å². The van der Waals surface area contributed by atoms with E-state index in [0.29, 0.717) is 23.7 Å². The van der Waals surface area contributed by atoms with Crippen molar-refractivity contribution < 1.29 is 4.79 Å². The van der Waals surface area contributed by atoms with Crippen LogP contribution in [0.1, 0.15) is 47.4 Å². The van der Waals surface area contributed by atoms with Crippen molar-refractivity contribution in [1.82, 2.24) is 15.3 Å². The van der Waals surface area contributed by atoms with E-state index in [1.165, 1.54) is 0 Å². The Kier molecular flexibility index (Phi) is 2.77. The molecule has 0 aliphatic heterocycles. The number of hydrogen-bond acceptors (Lipinski definition) is 4. The molecule has 1 aromatic rings. The van der Waals surface area contributed by atoms with Crippen molar-refractivity contribution in [1.29, 1.82) is 0 Å². The van der Waals surface area contributed by atoms with Crippen molar-refractivity contribution in [3.63, 3.8) is 0 Å². The number of nitrogen functional groups attached to an aromatic ring is 1. The van der Waals surface area contributed by atoms with Gasteiger partial charge in [0.2, 0.25) is 5.95 Å². The SMILES string of the molecule is CCNC(=O)c1c(C)nc(N)nc1C1CC1. The lowest BCUT2D eigenvalue weighted by atomic mass is 10.1. The lowest BCUT2D eigenvalue weighted by Crippen LogP contribution is -2.26. The van der Waals surface area contributed by atoms with Crippen LogP contribution in [0.4, 0.5) is 5.95 Å². The van der Waals surface area contributed by atoms with Crippen molar-refractivity contribution in [3.8, 4) is 0 Å². The summed E-state index contributed by atoms with van der Waals surface area (Å²) < 4.78 is 0. The predicted molar refractivity (Wildman–Crippen MR) is 61.2 cm³/mol.